The summed E-state index contributed by atoms with van der Waals surface area (Å²) in [6.45, 7) is 0.738. The zero-order chi connectivity index (χ0) is 19.3. The number of carboxylic acids is 1. The smallest absolute Gasteiger partial charge is 0.303 e. The lowest BCUT2D eigenvalue weighted by Gasteiger charge is -2.08. The molecule has 0 aromatic heterocycles. The van der Waals surface area contributed by atoms with E-state index in [0.29, 0.717) is 12.8 Å². The van der Waals surface area contributed by atoms with Gasteiger partial charge < -0.3 is 10.4 Å². The van der Waals surface area contributed by atoms with Crippen LogP contribution in [0.3, 0.4) is 0 Å². The number of fused-ring (bicyclic) bond motifs is 1. The van der Waals surface area contributed by atoms with Gasteiger partial charge in [0.05, 0.1) is 6.42 Å². The summed E-state index contributed by atoms with van der Waals surface area (Å²) in [4.78, 5) is 22.6. The lowest BCUT2D eigenvalue weighted by atomic mass is 10.0. The zero-order valence-electron chi connectivity index (χ0n) is 16.1. The summed E-state index contributed by atoms with van der Waals surface area (Å²) in [5, 5.41) is 13.9. The van der Waals surface area contributed by atoms with E-state index in [1.807, 2.05) is 24.3 Å². The van der Waals surface area contributed by atoms with Crippen LogP contribution in [0.2, 0.25) is 0 Å². The summed E-state index contributed by atoms with van der Waals surface area (Å²) < 4.78 is 0. The van der Waals surface area contributed by atoms with Gasteiger partial charge in [0.2, 0.25) is 5.91 Å². The second kappa shape index (κ2) is 12.1. The summed E-state index contributed by atoms with van der Waals surface area (Å²) in [5.74, 6) is -0.609. The van der Waals surface area contributed by atoms with Crippen LogP contribution >= 0.6 is 0 Å². The summed E-state index contributed by atoms with van der Waals surface area (Å²) in [5.41, 5.74) is 1.08. The predicted molar refractivity (Wildman–Crippen MR) is 110 cm³/mol. The van der Waals surface area contributed by atoms with Crippen LogP contribution in [0.1, 0.15) is 63.4 Å². The number of carbonyl (C=O) groups excluding carboxylic acids is 1. The summed E-state index contributed by atoms with van der Waals surface area (Å²) in [6.07, 6.45) is 9.33. The molecule has 27 heavy (non-hydrogen) atoms. The molecule has 0 fully saturated rings. The van der Waals surface area contributed by atoms with Gasteiger partial charge in [0.15, 0.2) is 0 Å². The van der Waals surface area contributed by atoms with Crippen LogP contribution in [0, 0.1) is 0 Å². The number of hydrogen-bond donors (Lipinski definition) is 2. The number of rotatable bonds is 13. The van der Waals surface area contributed by atoms with Crippen LogP contribution < -0.4 is 5.32 Å². The largest absolute Gasteiger partial charge is 0.481 e. The predicted octanol–water partition coefficient (Wildman–Crippen LogP) is 5.09. The molecule has 0 saturated carbocycles. The summed E-state index contributed by atoms with van der Waals surface area (Å²) in [6, 6.07) is 14.3. The Kier molecular flexibility index (Phi) is 9.39. The minimum absolute atomic E-state index is 0.0878. The maximum atomic E-state index is 12.2. The van der Waals surface area contributed by atoms with E-state index < -0.39 is 5.97 Å². The number of carboxylic acid groups (broad SMARTS) is 1. The lowest BCUT2D eigenvalue weighted by Crippen LogP contribution is -2.26. The van der Waals surface area contributed by atoms with Crippen LogP contribution in [0.25, 0.3) is 10.8 Å². The average molecular weight is 370 g/mol. The number of unbranched alkanes of at least 4 members (excludes halogenated alkanes) is 7. The van der Waals surface area contributed by atoms with Crippen molar-refractivity contribution >= 4 is 22.6 Å². The van der Waals surface area contributed by atoms with Crippen LogP contribution in [-0.2, 0) is 16.0 Å². The molecule has 0 aliphatic heterocycles. The van der Waals surface area contributed by atoms with Gasteiger partial charge in [-0.15, -0.1) is 0 Å². The maximum absolute atomic E-state index is 12.2. The Balaban J connectivity index is 1.52. The van der Waals surface area contributed by atoms with E-state index in [-0.39, 0.29) is 5.91 Å². The van der Waals surface area contributed by atoms with Crippen molar-refractivity contribution in [3.8, 4) is 0 Å². The van der Waals surface area contributed by atoms with E-state index in [4.69, 9.17) is 5.11 Å². The van der Waals surface area contributed by atoms with Gasteiger partial charge in [-0.1, -0.05) is 81.0 Å². The number of hydrogen-bond acceptors (Lipinski definition) is 2. The third-order valence-corrected chi connectivity index (χ3v) is 4.87. The minimum atomic E-state index is -0.697. The first-order chi connectivity index (χ1) is 13.2. The Morgan fingerprint density at radius 1 is 0.778 bits per heavy atom. The Labute approximate surface area is 162 Å². The van der Waals surface area contributed by atoms with Crippen molar-refractivity contribution in [1.29, 1.82) is 0 Å². The first-order valence-electron chi connectivity index (χ1n) is 10.1. The van der Waals surface area contributed by atoms with Gasteiger partial charge in [-0.2, -0.15) is 0 Å². The Bertz CT molecular complexity index is 721. The number of nitrogens with one attached hydrogen (secondary N) is 1. The van der Waals surface area contributed by atoms with Crippen molar-refractivity contribution in [2.75, 3.05) is 6.54 Å². The standard InChI is InChI=1S/C23H31NO3/c25-22(18-20-14-11-13-19-12-8-9-15-21(19)20)24-17-10-6-4-2-1-3-5-7-16-23(26)27/h8-9,11-15H,1-7,10,16-18H2,(H,24,25)(H,26,27). The molecule has 0 unspecified atom stereocenters. The molecule has 0 radical (unpaired) electrons. The molecule has 0 bridgehead atoms. The molecule has 4 nitrogen and oxygen atoms in total. The quantitative estimate of drug-likeness (QED) is 0.483. The minimum Gasteiger partial charge on any atom is -0.481 e. The van der Waals surface area contributed by atoms with Crippen molar-refractivity contribution in [1.82, 2.24) is 5.32 Å². The molecule has 0 aliphatic rings. The third kappa shape index (κ3) is 8.25. The van der Waals surface area contributed by atoms with Gasteiger partial charge in [-0.3, -0.25) is 9.59 Å². The second-order valence-corrected chi connectivity index (χ2v) is 7.14. The highest BCUT2D eigenvalue weighted by molar-refractivity contribution is 5.90. The fourth-order valence-electron chi connectivity index (χ4n) is 3.37. The SMILES string of the molecule is O=C(O)CCCCCCCCCCNC(=O)Cc1cccc2ccccc12. The molecule has 0 saturated heterocycles. The van der Waals surface area contributed by atoms with Gasteiger partial charge >= 0.3 is 5.97 Å². The van der Waals surface area contributed by atoms with Gasteiger partial charge in [0.25, 0.3) is 0 Å². The highest BCUT2D eigenvalue weighted by Gasteiger charge is 2.06. The molecule has 1 amide bonds. The molecular formula is C23H31NO3. The number of carbonyl (C=O) groups is 2. The first-order valence-corrected chi connectivity index (χ1v) is 10.1. The zero-order valence-corrected chi connectivity index (χ0v) is 16.1. The van der Waals surface area contributed by atoms with Crippen LogP contribution in [0.4, 0.5) is 0 Å². The summed E-state index contributed by atoms with van der Waals surface area (Å²) >= 11 is 0. The maximum Gasteiger partial charge on any atom is 0.303 e. The highest BCUT2D eigenvalue weighted by atomic mass is 16.4. The highest BCUT2D eigenvalue weighted by Crippen LogP contribution is 2.18. The lowest BCUT2D eigenvalue weighted by molar-refractivity contribution is -0.137. The van der Waals surface area contributed by atoms with Gasteiger partial charge in [0.1, 0.15) is 0 Å². The van der Waals surface area contributed by atoms with Crippen molar-refractivity contribution in [2.45, 2.75) is 64.2 Å². The number of aliphatic carboxylic acids is 1. The van der Waals surface area contributed by atoms with E-state index >= 15 is 0 Å². The van der Waals surface area contributed by atoms with Gasteiger partial charge in [0, 0.05) is 13.0 Å². The van der Waals surface area contributed by atoms with Crippen LogP contribution in [-0.4, -0.2) is 23.5 Å². The van der Waals surface area contributed by atoms with E-state index in [2.05, 4.69) is 23.5 Å². The third-order valence-electron chi connectivity index (χ3n) is 4.87. The second-order valence-electron chi connectivity index (χ2n) is 7.14. The van der Waals surface area contributed by atoms with Gasteiger partial charge in [-0.05, 0) is 29.2 Å². The molecule has 2 rings (SSSR count). The molecule has 2 aromatic carbocycles. The van der Waals surface area contributed by atoms with Gasteiger partial charge in [-0.25, -0.2) is 0 Å². The van der Waals surface area contributed by atoms with E-state index in [1.165, 1.54) is 24.6 Å². The molecule has 4 heteroatoms. The Hall–Kier alpha value is -2.36. The molecule has 0 heterocycles. The fraction of sp³-hybridized carbons (Fsp3) is 0.478. The molecular weight excluding hydrogens is 338 g/mol. The summed E-state index contributed by atoms with van der Waals surface area (Å²) in [7, 11) is 0. The fourth-order valence-corrected chi connectivity index (χ4v) is 3.37. The normalized spacial score (nSPS) is 10.8. The van der Waals surface area contributed by atoms with Crippen LogP contribution in [0.15, 0.2) is 42.5 Å². The van der Waals surface area contributed by atoms with Crippen molar-refractivity contribution in [3.63, 3.8) is 0 Å². The van der Waals surface area contributed by atoms with Crippen LogP contribution in [0.5, 0.6) is 0 Å². The first kappa shape index (κ1) is 20.9. The van der Waals surface area contributed by atoms with E-state index in [9.17, 15) is 9.59 Å². The molecule has 0 spiro atoms. The van der Waals surface area contributed by atoms with E-state index in [0.717, 1.165) is 49.6 Å². The van der Waals surface area contributed by atoms with Crippen molar-refractivity contribution in [3.05, 3.63) is 48.0 Å². The number of amides is 1. The molecule has 2 N–H and O–H groups in total. The molecule has 2 aromatic rings. The monoisotopic (exact) mass is 369 g/mol. The molecule has 146 valence electrons. The topological polar surface area (TPSA) is 66.4 Å². The Morgan fingerprint density at radius 2 is 1.41 bits per heavy atom. The molecule has 0 atom stereocenters. The van der Waals surface area contributed by atoms with Crippen molar-refractivity contribution in [2.24, 2.45) is 0 Å². The average Bonchev–Trinajstić information content (AvgIpc) is 2.66. The van der Waals surface area contributed by atoms with Crippen molar-refractivity contribution < 1.29 is 14.7 Å². The van der Waals surface area contributed by atoms with E-state index in [1.54, 1.807) is 0 Å². The Morgan fingerprint density at radius 3 is 2.15 bits per heavy atom. The molecule has 0 aliphatic carbocycles. The number of benzene rings is 2.